The lowest BCUT2D eigenvalue weighted by Gasteiger charge is -2.18. The van der Waals surface area contributed by atoms with Crippen LogP contribution in [0, 0.1) is 12.7 Å². The van der Waals surface area contributed by atoms with E-state index in [4.69, 9.17) is 11.5 Å². The van der Waals surface area contributed by atoms with Crippen molar-refractivity contribution in [1.82, 2.24) is 4.90 Å². The fraction of sp³-hybridized carbons (Fsp3) is 0.188. The fourth-order valence-corrected chi connectivity index (χ4v) is 3.35. The molecular formula is C16H16FN3O3S. The largest absolute Gasteiger partial charge is 0.368 e. The normalized spacial score (nSPS) is 10.4. The average Bonchev–Trinajstić information content (AvgIpc) is 2.87. The van der Waals surface area contributed by atoms with Crippen molar-refractivity contribution in [2.24, 2.45) is 11.5 Å². The number of nitrogens with zero attached hydrogens (tertiary/aromatic N) is 1. The number of amides is 3. The van der Waals surface area contributed by atoms with Gasteiger partial charge in [0.25, 0.3) is 5.91 Å². The summed E-state index contributed by atoms with van der Waals surface area (Å²) in [6.45, 7) is 1.02. The molecular weight excluding hydrogens is 333 g/mol. The Hall–Kier alpha value is -2.74. The minimum Gasteiger partial charge on any atom is -0.368 e. The second-order valence-electron chi connectivity index (χ2n) is 5.22. The molecule has 0 aliphatic carbocycles. The molecule has 0 saturated heterocycles. The minimum absolute atomic E-state index is 0.342. The van der Waals surface area contributed by atoms with Gasteiger partial charge in [0.05, 0.1) is 4.88 Å². The van der Waals surface area contributed by atoms with Gasteiger partial charge in [-0.05, 0) is 36.2 Å². The Labute approximate surface area is 141 Å². The van der Waals surface area contributed by atoms with Crippen LogP contribution < -0.4 is 11.5 Å². The van der Waals surface area contributed by atoms with Crippen molar-refractivity contribution in [3.05, 3.63) is 46.6 Å². The molecule has 1 aromatic carbocycles. The lowest BCUT2D eigenvalue weighted by Crippen LogP contribution is -2.43. The number of benzene rings is 1. The van der Waals surface area contributed by atoms with Crippen LogP contribution in [0.25, 0.3) is 10.4 Å². The molecule has 8 heteroatoms. The molecule has 4 N–H and O–H groups in total. The number of hydrogen-bond donors (Lipinski definition) is 2. The molecule has 2 rings (SSSR count). The van der Waals surface area contributed by atoms with E-state index in [-0.39, 0.29) is 5.82 Å². The number of rotatable bonds is 6. The first-order chi connectivity index (χ1) is 11.3. The van der Waals surface area contributed by atoms with Crippen LogP contribution in [0.1, 0.15) is 15.2 Å². The number of primary amides is 2. The van der Waals surface area contributed by atoms with Gasteiger partial charge in [-0.25, -0.2) is 4.39 Å². The van der Waals surface area contributed by atoms with E-state index in [1.807, 2.05) is 6.92 Å². The molecule has 0 saturated carbocycles. The lowest BCUT2D eigenvalue weighted by molar-refractivity contribution is -0.121. The highest BCUT2D eigenvalue weighted by Crippen LogP contribution is 2.33. The van der Waals surface area contributed by atoms with Crippen molar-refractivity contribution < 1.29 is 18.8 Å². The van der Waals surface area contributed by atoms with Crippen LogP contribution in [0.5, 0.6) is 0 Å². The van der Waals surface area contributed by atoms with Crippen molar-refractivity contribution in [1.29, 1.82) is 0 Å². The quantitative estimate of drug-likeness (QED) is 0.820. The summed E-state index contributed by atoms with van der Waals surface area (Å²) in [5.41, 5.74) is 11.8. The molecule has 1 heterocycles. The molecule has 0 radical (unpaired) electrons. The summed E-state index contributed by atoms with van der Waals surface area (Å²) < 4.78 is 13.0. The van der Waals surface area contributed by atoms with Crippen molar-refractivity contribution in [3.8, 4) is 10.4 Å². The Morgan fingerprint density at radius 3 is 2.12 bits per heavy atom. The molecule has 0 aliphatic heterocycles. The van der Waals surface area contributed by atoms with E-state index in [1.54, 1.807) is 18.2 Å². The van der Waals surface area contributed by atoms with Crippen LogP contribution in [0.4, 0.5) is 4.39 Å². The summed E-state index contributed by atoms with van der Waals surface area (Å²) in [6, 6.07) is 7.56. The Kier molecular flexibility index (Phi) is 5.30. The van der Waals surface area contributed by atoms with Crippen LogP contribution in [0.3, 0.4) is 0 Å². The van der Waals surface area contributed by atoms with E-state index in [0.717, 1.165) is 20.9 Å². The van der Waals surface area contributed by atoms with E-state index in [9.17, 15) is 18.8 Å². The molecule has 0 fully saturated rings. The first kappa shape index (κ1) is 17.6. The van der Waals surface area contributed by atoms with E-state index in [0.29, 0.717) is 4.88 Å². The van der Waals surface area contributed by atoms with Crippen molar-refractivity contribution in [2.45, 2.75) is 6.92 Å². The number of aryl methyl sites for hydroxylation is 1. The summed E-state index contributed by atoms with van der Waals surface area (Å²) in [6.07, 6.45) is 0. The van der Waals surface area contributed by atoms with Crippen molar-refractivity contribution in [3.63, 3.8) is 0 Å². The fourth-order valence-electron chi connectivity index (χ4n) is 2.21. The maximum atomic E-state index is 13.0. The molecule has 0 unspecified atom stereocenters. The molecule has 126 valence electrons. The molecule has 0 spiro atoms. The molecule has 1 aromatic heterocycles. The Bertz CT molecular complexity index is 770. The highest BCUT2D eigenvalue weighted by molar-refractivity contribution is 7.17. The molecule has 2 aromatic rings. The molecule has 0 aliphatic rings. The van der Waals surface area contributed by atoms with Crippen LogP contribution >= 0.6 is 11.3 Å². The third-order valence-electron chi connectivity index (χ3n) is 3.22. The molecule has 0 bridgehead atoms. The average molecular weight is 349 g/mol. The highest BCUT2D eigenvalue weighted by atomic mass is 32.1. The number of halogens is 1. The van der Waals surface area contributed by atoms with Gasteiger partial charge < -0.3 is 16.4 Å². The van der Waals surface area contributed by atoms with Gasteiger partial charge in [-0.1, -0.05) is 12.1 Å². The second kappa shape index (κ2) is 7.22. The van der Waals surface area contributed by atoms with E-state index >= 15 is 0 Å². The zero-order chi connectivity index (χ0) is 17.9. The number of carbonyl (C=O) groups is 3. The maximum Gasteiger partial charge on any atom is 0.264 e. The summed E-state index contributed by atoms with van der Waals surface area (Å²) >= 11 is 1.19. The van der Waals surface area contributed by atoms with Gasteiger partial charge in [-0.3, -0.25) is 14.4 Å². The highest BCUT2D eigenvalue weighted by Gasteiger charge is 2.22. The van der Waals surface area contributed by atoms with E-state index < -0.39 is 30.8 Å². The summed E-state index contributed by atoms with van der Waals surface area (Å²) in [5.74, 6) is -2.33. The standard InChI is InChI=1S/C16H16FN3O3S/c1-9-6-12(16(23)20(7-13(18)21)8-14(19)22)24-15(9)10-2-4-11(17)5-3-10/h2-6H,7-8H2,1H3,(H2,18,21)(H2,19,22). The van der Waals surface area contributed by atoms with Gasteiger partial charge in [0.15, 0.2) is 0 Å². The van der Waals surface area contributed by atoms with Gasteiger partial charge in [0.2, 0.25) is 11.8 Å². The number of carbonyl (C=O) groups excluding carboxylic acids is 3. The van der Waals surface area contributed by atoms with E-state index in [1.165, 1.54) is 23.5 Å². The number of thiophene rings is 1. The molecule has 3 amide bonds. The van der Waals surface area contributed by atoms with Crippen molar-refractivity contribution >= 4 is 29.1 Å². The summed E-state index contributed by atoms with van der Waals surface area (Å²) in [5, 5.41) is 0. The molecule has 24 heavy (non-hydrogen) atoms. The third kappa shape index (κ3) is 4.17. The summed E-state index contributed by atoms with van der Waals surface area (Å²) in [4.78, 5) is 36.9. The van der Waals surface area contributed by atoms with Gasteiger partial charge in [0, 0.05) is 4.88 Å². The Balaban J connectivity index is 2.32. The SMILES string of the molecule is Cc1cc(C(=O)N(CC(N)=O)CC(N)=O)sc1-c1ccc(F)cc1. The van der Waals surface area contributed by atoms with Crippen molar-refractivity contribution in [2.75, 3.05) is 13.1 Å². The topological polar surface area (TPSA) is 106 Å². The van der Waals surface area contributed by atoms with Gasteiger partial charge >= 0.3 is 0 Å². The maximum absolute atomic E-state index is 13.0. The Morgan fingerprint density at radius 2 is 1.62 bits per heavy atom. The number of nitrogens with two attached hydrogens (primary N) is 2. The van der Waals surface area contributed by atoms with E-state index in [2.05, 4.69) is 0 Å². The van der Waals surface area contributed by atoms with Crippen LogP contribution in [-0.2, 0) is 9.59 Å². The minimum atomic E-state index is -0.739. The first-order valence-electron chi connectivity index (χ1n) is 7.00. The molecule has 0 atom stereocenters. The molecule has 6 nitrogen and oxygen atoms in total. The predicted octanol–water partition coefficient (Wildman–Crippen LogP) is 1.28. The van der Waals surface area contributed by atoms with Crippen LogP contribution in [0.15, 0.2) is 30.3 Å². The van der Waals surface area contributed by atoms with Crippen LogP contribution in [-0.4, -0.2) is 35.7 Å². The monoisotopic (exact) mass is 349 g/mol. The smallest absolute Gasteiger partial charge is 0.264 e. The predicted molar refractivity (Wildman–Crippen MR) is 88.7 cm³/mol. The first-order valence-corrected chi connectivity index (χ1v) is 7.82. The Morgan fingerprint density at radius 1 is 1.08 bits per heavy atom. The number of hydrogen-bond acceptors (Lipinski definition) is 4. The zero-order valence-electron chi connectivity index (χ0n) is 12.9. The lowest BCUT2D eigenvalue weighted by atomic mass is 10.1. The third-order valence-corrected chi connectivity index (χ3v) is 4.49. The van der Waals surface area contributed by atoms with Gasteiger partial charge in [-0.15, -0.1) is 11.3 Å². The van der Waals surface area contributed by atoms with Crippen LogP contribution in [0.2, 0.25) is 0 Å². The summed E-state index contributed by atoms with van der Waals surface area (Å²) in [7, 11) is 0. The van der Waals surface area contributed by atoms with Gasteiger partial charge in [-0.2, -0.15) is 0 Å². The second-order valence-corrected chi connectivity index (χ2v) is 6.28. The zero-order valence-corrected chi connectivity index (χ0v) is 13.7. The van der Waals surface area contributed by atoms with Gasteiger partial charge in [0.1, 0.15) is 18.9 Å².